The van der Waals surface area contributed by atoms with Crippen molar-refractivity contribution in [3.8, 4) is 0 Å². The van der Waals surface area contributed by atoms with E-state index in [0.29, 0.717) is 12.0 Å². The summed E-state index contributed by atoms with van der Waals surface area (Å²) in [5, 5.41) is 17.6. The Morgan fingerprint density at radius 2 is 2.36 bits per heavy atom. The van der Waals surface area contributed by atoms with Gasteiger partial charge in [-0.2, -0.15) is 0 Å². The lowest BCUT2D eigenvalue weighted by Crippen LogP contribution is -2.02. The first-order valence-electron chi connectivity index (χ1n) is 3.49. The van der Waals surface area contributed by atoms with Gasteiger partial charge in [-0.15, -0.1) is 0 Å². The average Bonchev–Trinajstić information content (AvgIpc) is 1.93. The predicted octanol–water partition coefficient (Wildman–Crippen LogP) is 1.62. The van der Waals surface area contributed by atoms with Gasteiger partial charge >= 0.3 is 5.97 Å². The number of aliphatic hydroxyl groups is 1. The first kappa shape index (κ1) is 7.85. The highest BCUT2D eigenvalue weighted by atomic mass is 16.4. The van der Waals surface area contributed by atoms with Crippen LogP contribution in [0, 0.1) is 0 Å². The van der Waals surface area contributed by atoms with Crippen LogP contribution < -0.4 is 0 Å². The number of carboxylic acids is 1. The second-order valence-corrected chi connectivity index (χ2v) is 2.50. The summed E-state index contributed by atoms with van der Waals surface area (Å²) in [6.45, 7) is 0. The number of rotatable bonds is 2. The molecule has 0 aromatic heterocycles. The molecule has 0 amide bonds. The van der Waals surface area contributed by atoms with Crippen molar-refractivity contribution in [1.29, 1.82) is 0 Å². The minimum absolute atomic E-state index is 0.0455. The van der Waals surface area contributed by atoms with Crippen LogP contribution in [0.25, 0.3) is 0 Å². The van der Waals surface area contributed by atoms with E-state index in [0.717, 1.165) is 6.42 Å². The Kier molecular flexibility index (Phi) is 2.31. The molecule has 3 heteroatoms. The Bertz CT molecular complexity index is 225. The predicted molar refractivity (Wildman–Crippen MR) is 40.3 cm³/mol. The van der Waals surface area contributed by atoms with Crippen LogP contribution in [0.3, 0.4) is 0 Å². The molecule has 0 fully saturated rings. The smallest absolute Gasteiger partial charge is 0.307 e. The van der Waals surface area contributed by atoms with E-state index in [4.69, 9.17) is 10.2 Å². The highest BCUT2D eigenvalue weighted by Gasteiger charge is 2.10. The third-order valence-electron chi connectivity index (χ3n) is 1.62. The van der Waals surface area contributed by atoms with Crippen molar-refractivity contribution in [3.05, 3.63) is 23.5 Å². The largest absolute Gasteiger partial charge is 0.508 e. The number of allylic oxidation sites excluding steroid dienone is 2. The van der Waals surface area contributed by atoms with E-state index >= 15 is 0 Å². The molecule has 3 nitrogen and oxygen atoms in total. The second-order valence-electron chi connectivity index (χ2n) is 2.50. The van der Waals surface area contributed by atoms with Crippen LogP contribution in [-0.2, 0) is 4.79 Å². The molecule has 0 saturated carbocycles. The van der Waals surface area contributed by atoms with Crippen LogP contribution in [0.15, 0.2) is 23.5 Å². The van der Waals surface area contributed by atoms with Crippen molar-refractivity contribution in [3.63, 3.8) is 0 Å². The molecule has 0 radical (unpaired) electrons. The van der Waals surface area contributed by atoms with Gasteiger partial charge in [0.25, 0.3) is 0 Å². The van der Waals surface area contributed by atoms with Crippen LogP contribution in [0.1, 0.15) is 19.3 Å². The molecule has 0 aromatic rings. The van der Waals surface area contributed by atoms with Gasteiger partial charge in [-0.25, -0.2) is 0 Å². The third-order valence-corrected chi connectivity index (χ3v) is 1.62. The Balaban J connectivity index is 2.67. The molecule has 1 aliphatic rings. The standard InChI is InChI=1S/C8H10O3/c9-7-4-2-1-3-6(7)5-8(10)11/h2,4,9H,1,3,5H2,(H,10,11). The average molecular weight is 154 g/mol. The van der Waals surface area contributed by atoms with Gasteiger partial charge in [0.2, 0.25) is 0 Å². The molecular weight excluding hydrogens is 144 g/mol. The first-order chi connectivity index (χ1) is 5.20. The second kappa shape index (κ2) is 3.23. The molecule has 2 N–H and O–H groups in total. The fourth-order valence-corrected chi connectivity index (χ4v) is 1.06. The van der Waals surface area contributed by atoms with E-state index < -0.39 is 5.97 Å². The molecule has 0 spiro atoms. The summed E-state index contributed by atoms with van der Waals surface area (Å²) >= 11 is 0. The number of aliphatic hydroxyl groups excluding tert-OH is 1. The van der Waals surface area contributed by atoms with E-state index in [-0.39, 0.29) is 12.2 Å². The first-order valence-corrected chi connectivity index (χ1v) is 3.49. The van der Waals surface area contributed by atoms with Gasteiger partial charge in [-0.05, 0) is 24.5 Å². The van der Waals surface area contributed by atoms with Crippen molar-refractivity contribution in [2.75, 3.05) is 0 Å². The van der Waals surface area contributed by atoms with Crippen molar-refractivity contribution in [2.24, 2.45) is 0 Å². The molecule has 1 rings (SSSR count). The highest BCUT2D eigenvalue weighted by molar-refractivity contribution is 5.70. The summed E-state index contributed by atoms with van der Waals surface area (Å²) in [6, 6.07) is 0. The number of carbonyl (C=O) groups is 1. The Morgan fingerprint density at radius 1 is 1.64 bits per heavy atom. The monoisotopic (exact) mass is 154 g/mol. The zero-order chi connectivity index (χ0) is 8.27. The minimum atomic E-state index is -0.887. The Morgan fingerprint density at radius 3 is 2.91 bits per heavy atom. The van der Waals surface area contributed by atoms with Gasteiger partial charge < -0.3 is 10.2 Å². The van der Waals surface area contributed by atoms with Gasteiger partial charge in [0, 0.05) is 0 Å². The van der Waals surface area contributed by atoms with Crippen molar-refractivity contribution < 1.29 is 15.0 Å². The van der Waals surface area contributed by atoms with Crippen LogP contribution in [0.4, 0.5) is 0 Å². The maximum Gasteiger partial charge on any atom is 0.307 e. The highest BCUT2D eigenvalue weighted by Crippen LogP contribution is 2.19. The molecule has 60 valence electrons. The maximum atomic E-state index is 10.2. The molecule has 0 aromatic carbocycles. The summed E-state index contributed by atoms with van der Waals surface area (Å²) in [4.78, 5) is 10.2. The Labute approximate surface area is 64.7 Å². The topological polar surface area (TPSA) is 57.5 Å². The normalized spacial score (nSPS) is 17.1. The summed E-state index contributed by atoms with van der Waals surface area (Å²) < 4.78 is 0. The van der Waals surface area contributed by atoms with Crippen molar-refractivity contribution in [1.82, 2.24) is 0 Å². The van der Waals surface area contributed by atoms with E-state index in [1.807, 2.05) is 6.08 Å². The lowest BCUT2D eigenvalue weighted by molar-refractivity contribution is -0.136. The summed E-state index contributed by atoms with van der Waals surface area (Å²) in [6.07, 6.45) is 4.83. The van der Waals surface area contributed by atoms with Crippen LogP contribution >= 0.6 is 0 Å². The van der Waals surface area contributed by atoms with Crippen LogP contribution in [-0.4, -0.2) is 16.2 Å². The van der Waals surface area contributed by atoms with E-state index in [2.05, 4.69) is 0 Å². The summed E-state index contributed by atoms with van der Waals surface area (Å²) in [7, 11) is 0. The van der Waals surface area contributed by atoms with Gasteiger partial charge in [-0.1, -0.05) is 6.08 Å². The fourth-order valence-electron chi connectivity index (χ4n) is 1.06. The van der Waals surface area contributed by atoms with Gasteiger partial charge in [0.1, 0.15) is 5.76 Å². The third kappa shape index (κ3) is 2.11. The zero-order valence-corrected chi connectivity index (χ0v) is 6.08. The molecule has 0 saturated heterocycles. The van der Waals surface area contributed by atoms with Crippen LogP contribution in [0.5, 0.6) is 0 Å². The Hall–Kier alpha value is -1.25. The van der Waals surface area contributed by atoms with Crippen molar-refractivity contribution in [2.45, 2.75) is 19.3 Å². The summed E-state index contributed by atoms with van der Waals surface area (Å²) in [5.41, 5.74) is 0.625. The molecular formula is C8H10O3. The van der Waals surface area contributed by atoms with E-state index in [1.54, 1.807) is 6.08 Å². The molecule has 1 aliphatic carbocycles. The SMILES string of the molecule is O=C(O)CC1=C(O)C=CCC1. The van der Waals surface area contributed by atoms with Crippen molar-refractivity contribution >= 4 is 5.97 Å². The minimum Gasteiger partial charge on any atom is -0.508 e. The van der Waals surface area contributed by atoms with Gasteiger partial charge in [0.05, 0.1) is 6.42 Å². The molecule has 0 unspecified atom stereocenters. The maximum absolute atomic E-state index is 10.2. The number of hydrogen-bond donors (Lipinski definition) is 2. The van der Waals surface area contributed by atoms with E-state index in [1.165, 1.54) is 0 Å². The molecule has 0 aliphatic heterocycles. The summed E-state index contributed by atoms with van der Waals surface area (Å²) in [5.74, 6) is -0.763. The van der Waals surface area contributed by atoms with Gasteiger partial charge in [0.15, 0.2) is 0 Å². The van der Waals surface area contributed by atoms with E-state index in [9.17, 15) is 4.79 Å². The fraction of sp³-hybridized carbons (Fsp3) is 0.375. The number of carboxylic acid groups (broad SMARTS) is 1. The molecule has 0 atom stereocenters. The zero-order valence-electron chi connectivity index (χ0n) is 6.08. The lowest BCUT2D eigenvalue weighted by atomic mass is 10.0. The number of hydrogen-bond acceptors (Lipinski definition) is 2. The molecule has 0 bridgehead atoms. The van der Waals surface area contributed by atoms with Gasteiger partial charge in [-0.3, -0.25) is 4.79 Å². The quantitative estimate of drug-likeness (QED) is 0.635. The lowest BCUT2D eigenvalue weighted by Gasteiger charge is -2.08. The van der Waals surface area contributed by atoms with Crippen LogP contribution in [0.2, 0.25) is 0 Å². The molecule has 0 heterocycles. The molecule has 11 heavy (non-hydrogen) atoms. The number of aliphatic carboxylic acids is 1.